The van der Waals surface area contributed by atoms with Crippen LogP contribution >= 0.6 is 0 Å². The molecule has 0 aromatic heterocycles. The van der Waals surface area contributed by atoms with Crippen molar-refractivity contribution in [2.45, 2.75) is 38.3 Å². The summed E-state index contributed by atoms with van der Waals surface area (Å²) in [6, 6.07) is 7.34. The predicted octanol–water partition coefficient (Wildman–Crippen LogP) is 2.83. The average molecular weight is 343 g/mol. The Bertz CT molecular complexity index is 676. The van der Waals surface area contributed by atoms with Gasteiger partial charge in [-0.15, -0.1) is 0 Å². The van der Waals surface area contributed by atoms with Crippen molar-refractivity contribution in [2.75, 3.05) is 17.7 Å². The number of nitrogens with one attached hydrogen (secondary N) is 3. The first-order valence-electron chi connectivity index (χ1n) is 9.08. The summed E-state index contributed by atoms with van der Waals surface area (Å²) in [6.07, 6.45) is 3.53. The Morgan fingerprint density at radius 2 is 1.76 bits per heavy atom. The van der Waals surface area contributed by atoms with Gasteiger partial charge in [0, 0.05) is 24.5 Å². The van der Waals surface area contributed by atoms with Gasteiger partial charge < -0.3 is 20.7 Å². The standard InChI is InChI=1S/C19H25N3O3/c1-10(25-2)18(23)20-13-4-3-5-14(9-13)21-19(24)22-17-15-11-6-7-12(8-11)16(15)17/h3-5,9-12,15-17H,6-8H2,1-2H3,(H,20,23)(H2,21,22,24). The van der Waals surface area contributed by atoms with E-state index in [0.29, 0.717) is 29.3 Å². The van der Waals surface area contributed by atoms with E-state index in [2.05, 4.69) is 16.0 Å². The van der Waals surface area contributed by atoms with Crippen molar-refractivity contribution < 1.29 is 14.3 Å². The Hall–Kier alpha value is -2.08. The molecule has 3 N–H and O–H groups in total. The van der Waals surface area contributed by atoms with Crippen molar-refractivity contribution in [3.63, 3.8) is 0 Å². The number of carbonyl (C=O) groups excluding carboxylic acids is 2. The van der Waals surface area contributed by atoms with Crippen LogP contribution in [-0.4, -0.2) is 31.2 Å². The number of amides is 3. The van der Waals surface area contributed by atoms with Gasteiger partial charge >= 0.3 is 6.03 Å². The summed E-state index contributed by atoms with van der Waals surface area (Å²) >= 11 is 0. The highest BCUT2D eigenvalue weighted by molar-refractivity contribution is 5.95. The Kier molecular flexibility index (Phi) is 4.15. The molecule has 0 radical (unpaired) electrons. The summed E-state index contributed by atoms with van der Waals surface area (Å²) in [5, 5.41) is 8.79. The molecule has 134 valence electrons. The van der Waals surface area contributed by atoms with Gasteiger partial charge in [0.15, 0.2) is 0 Å². The number of fused-ring (bicyclic) bond motifs is 5. The maximum atomic E-state index is 12.3. The van der Waals surface area contributed by atoms with Crippen molar-refractivity contribution in [3.8, 4) is 0 Å². The molecule has 1 aromatic rings. The van der Waals surface area contributed by atoms with Gasteiger partial charge in [-0.3, -0.25) is 4.79 Å². The number of rotatable bonds is 5. The highest BCUT2D eigenvalue weighted by Crippen LogP contribution is 2.65. The molecule has 3 saturated carbocycles. The van der Waals surface area contributed by atoms with Crippen LogP contribution in [0.25, 0.3) is 0 Å². The molecule has 0 saturated heterocycles. The number of ether oxygens (including phenoxy) is 1. The maximum absolute atomic E-state index is 12.3. The van der Waals surface area contributed by atoms with E-state index in [0.717, 1.165) is 11.8 Å². The zero-order valence-electron chi connectivity index (χ0n) is 14.6. The number of methoxy groups -OCH3 is 1. The van der Waals surface area contributed by atoms with Crippen LogP contribution in [0.4, 0.5) is 16.2 Å². The molecule has 4 rings (SSSR count). The maximum Gasteiger partial charge on any atom is 0.319 e. The van der Waals surface area contributed by atoms with Gasteiger partial charge in [-0.25, -0.2) is 4.79 Å². The lowest BCUT2D eigenvalue weighted by Crippen LogP contribution is -2.33. The van der Waals surface area contributed by atoms with Gasteiger partial charge in [-0.1, -0.05) is 6.07 Å². The van der Waals surface area contributed by atoms with Crippen LogP contribution in [0.15, 0.2) is 24.3 Å². The number of hydrogen-bond donors (Lipinski definition) is 3. The van der Waals surface area contributed by atoms with Gasteiger partial charge in [0.25, 0.3) is 5.91 Å². The zero-order chi connectivity index (χ0) is 17.6. The minimum atomic E-state index is -0.524. The number of hydrogen-bond acceptors (Lipinski definition) is 3. The van der Waals surface area contributed by atoms with Crippen LogP contribution in [-0.2, 0) is 9.53 Å². The van der Waals surface area contributed by atoms with E-state index in [4.69, 9.17) is 4.74 Å². The van der Waals surface area contributed by atoms with Crippen LogP contribution < -0.4 is 16.0 Å². The van der Waals surface area contributed by atoms with Crippen LogP contribution in [0, 0.1) is 23.7 Å². The lowest BCUT2D eigenvalue weighted by molar-refractivity contribution is -0.124. The molecule has 2 bridgehead atoms. The van der Waals surface area contributed by atoms with E-state index in [1.54, 1.807) is 25.1 Å². The fraction of sp³-hybridized carbons (Fsp3) is 0.579. The summed E-state index contributed by atoms with van der Waals surface area (Å²) in [4.78, 5) is 24.2. The Labute approximate surface area is 147 Å². The van der Waals surface area contributed by atoms with E-state index in [1.807, 2.05) is 6.07 Å². The molecule has 25 heavy (non-hydrogen) atoms. The third-order valence-corrected chi connectivity index (χ3v) is 6.14. The second-order valence-electron chi connectivity index (χ2n) is 7.56. The molecule has 3 amide bonds. The topological polar surface area (TPSA) is 79.5 Å². The van der Waals surface area contributed by atoms with Crippen LogP contribution in [0.1, 0.15) is 26.2 Å². The summed E-state index contributed by atoms with van der Waals surface area (Å²) in [5.74, 6) is 2.88. The number of urea groups is 1. The van der Waals surface area contributed by atoms with E-state index in [-0.39, 0.29) is 11.9 Å². The lowest BCUT2D eigenvalue weighted by Gasteiger charge is -2.13. The van der Waals surface area contributed by atoms with Crippen LogP contribution in [0.3, 0.4) is 0 Å². The SMILES string of the molecule is COC(C)C(=O)Nc1cccc(NC(=O)NC2C3C4CCC(C4)C23)c1. The average Bonchev–Trinajstić information content (AvgIpc) is 2.97. The first-order chi connectivity index (χ1) is 12.1. The molecule has 1 aromatic carbocycles. The monoisotopic (exact) mass is 343 g/mol. The molecule has 0 heterocycles. The van der Waals surface area contributed by atoms with E-state index >= 15 is 0 Å². The van der Waals surface area contributed by atoms with Gasteiger partial charge in [0.1, 0.15) is 6.10 Å². The molecule has 6 heteroatoms. The summed E-state index contributed by atoms with van der Waals surface area (Å²) in [6.45, 7) is 1.69. The summed E-state index contributed by atoms with van der Waals surface area (Å²) < 4.78 is 5.00. The molecule has 3 aliphatic carbocycles. The van der Waals surface area contributed by atoms with Crippen molar-refractivity contribution in [1.29, 1.82) is 0 Å². The van der Waals surface area contributed by atoms with E-state index in [1.165, 1.54) is 26.4 Å². The Balaban J connectivity index is 1.31. The third kappa shape index (κ3) is 3.11. The van der Waals surface area contributed by atoms with Gasteiger partial charge in [0.05, 0.1) is 0 Å². The molecule has 3 aliphatic rings. The quantitative estimate of drug-likeness (QED) is 0.769. The van der Waals surface area contributed by atoms with Crippen LogP contribution in [0.2, 0.25) is 0 Å². The third-order valence-electron chi connectivity index (χ3n) is 6.14. The summed E-state index contributed by atoms with van der Waals surface area (Å²) in [7, 11) is 1.49. The van der Waals surface area contributed by atoms with E-state index < -0.39 is 6.10 Å². The van der Waals surface area contributed by atoms with E-state index in [9.17, 15) is 9.59 Å². The lowest BCUT2D eigenvalue weighted by atomic mass is 10.0. The van der Waals surface area contributed by atoms with Crippen molar-refractivity contribution >= 4 is 23.3 Å². The number of carbonyl (C=O) groups is 2. The normalized spacial score (nSPS) is 32.6. The first kappa shape index (κ1) is 16.4. The first-order valence-corrected chi connectivity index (χ1v) is 9.08. The van der Waals surface area contributed by atoms with Crippen molar-refractivity contribution in [1.82, 2.24) is 5.32 Å². The van der Waals surface area contributed by atoms with Crippen molar-refractivity contribution in [2.24, 2.45) is 23.7 Å². The minimum Gasteiger partial charge on any atom is -0.372 e. The second-order valence-corrected chi connectivity index (χ2v) is 7.56. The Morgan fingerprint density at radius 1 is 1.12 bits per heavy atom. The fourth-order valence-electron chi connectivity index (χ4n) is 4.86. The smallest absolute Gasteiger partial charge is 0.319 e. The fourth-order valence-corrected chi connectivity index (χ4v) is 4.86. The minimum absolute atomic E-state index is 0.160. The predicted molar refractivity (Wildman–Crippen MR) is 95.3 cm³/mol. The molecular formula is C19H25N3O3. The summed E-state index contributed by atoms with van der Waals surface area (Å²) in [5.41, 5.74) is 1.29. The highest BCUT2D eigenvalue weighted by atomic mass is 16.5. The number of benzene rings is 1. The molecule has 6 nitrogen and oxygen atoms in total. The molecule has 3 fully saturated rings. The van der Waals surface area contributed by atoms with Gasteiger partial charge in [-0.05, 0) is 68.1 Å². The largest absolute Gasteiger partial charge is 0.372 e. The van der Waals surface area contributed by atoms with Crippen LogP contribution in [0.5, 0.6) is 0 Å². The van der Waals surface area contributed by atoms with Gasteiger partial charge in [0.2, 0.25) is 0 Å². The Morgan fingerprint density at radius 3 is 2.40 bits per heavy atom. The molecule has 5 atom stereocenters. The number of anilines is 2. The molecule has 0 aliphatic heterocycles. The zero-order valence-corrected chi connectivity index (χ0v) is 14.6. The molecule has 5 unspecified atom stereocenters. The van der Waals surface area contributed by atoms with Gasteiger partial charge in [-0.2, -0.15) is 0 Å². The second kappa shape index (κ2) is 6.33. The highest BCUT2D eigenvalue weighted by Gasteiger charge is 2.65. The van der Waals surface area contributed by atoms with Crippen molar-refractivity contribution in [3.05, 3.63) is 24.3 Å². The molecule has 0 spiro atoms. The molecular weight excluding hydrogens is 318 g/mol.